The number of hydrogen-bond acceptors (Lipinski definition) is 3. The van der Waals surface area contributed by atoms with Crippen molar-refractivity contribution in [3.05, 3.63) is 52.7 Å². The van der Waals surface area contributed by atoms with Crippen molar-refractivity contribution in [1.29, 1.82) is 0 Å². The lowest BCUT2D eigenvalue weighted by atomic mass is 10.2. The minimum absolute atomic E-state index is 0.286. The first-order chi connectivity index (χ1) is 8.56. The summed E-state index contributed by atoms with van der Waals surface area (Å²) in [5.41, 5.74) is 6.55. The van der Waals surface area contributed by atoms with E-state index in [-0.39, 0.29) is 6.54 Å². The normalized spacial score (nSPS) is 10.4. The minimum atomic E-state index is -0.884. The van der Waals surface area contributed by atoms with E-state index >= 15 is 0 Å². The Kier molecular flexibility index (Phi) is 3.62. The summed E-state index contributed by atoms with van der Waals surface area (Å²) in [7, 11) is 0. The molecule has 0 aliphatic rings. The molecule has 6 heteroatoms. The molecule has 0 spiro atoms. The molecule has 0 fully saturated rings. The molecule has 1 aromatic heterocycles. The van der Waals surface area contributed by atoms with Crippen LogP contribution in [0.25, 0.3) is 0 Å². The van der Waals surface area contributed by atoms with Crippen molar-refractivity contribution >= 4 is 23.1 Å². The zero-order valence-corrected chi connectivity index (χ0v) is 10.0. The molecule has 0 bridgehead atoms. The van der Waals surface area contributed by atoms with E-state index in [2.05, 4.69) is 10.3 Å². The van der Waals surface area contributed by atoms with Gasteiger partial charge in [0.1, 0.15) is 5.82 Å². The molecular weight excluding hydrogens is 260 g/mol. The summed E-state index contributed by atoms with van der Waals surface area (Å²) >= 11 is 5.91. The number of nitrogen functional groups attached to an aromatic ring is 1. The zero-order chi connectivity index (χ0) is 13.1. The predicted molar refractivity (Wildman–Crippen MR) is 67.3 cm³/mol. The molecule has 94 valence electrons. The molecule has 0 saturated heterocycles. The van der Waals surface area contributed by atoms with Gasteiger partial charge in [-0.1, -0.05) is 17.7 Å². The van der Waals surface area contributed by atoms with Crippen molar-refractivity contribution in [2.75, 3.05) is 11.1 Å². The largest absolute Gasteiger partial charge is 0.397 e. The molecule has 3 nitrogen and oxygen atoms in total. The molecule has 1 heterocycles. The number of halogens is 3. The standard InChI is InChI=1S/C12H10ClF2N3/c13-9-4-8(16)6-18-12(9)17-5-7-1-2-10(14)11(15)3-7/h1-4,6H,5,16H2,(H,17,18). The average Bonchev–Trinajstić information content (AvgIpc) is 2.32. The van der Waals surface area contributed by atoms with Crippen LogP contribution in [0.1, 0.15) is 5.56 Å². The lowest BCUT2D eigenvalue weighted by molar-refractivity contribution is 0.507. The van der Waals surface area contributed by atoms with Gasteiger partial charge in [-0.25, -0.2) is 13.8 Å². The monoisotopic (exact) mass is 269 g/mol. The fraction of sp³-hybridized carbons (Fsp3) is 0.0833. The summed E-state index contributed by atoms with van der Waals surface area (Å²) in [6.07, 6.45) is 1.46. The molecule has 0 atom stereocenters. The Hall–Kier alpha value is -1.88. The van der Waals surface area contributed by atoms with Crippen molar-refractivity contribution in [3.63, 3.8) is 0 Å². The Morgan fingerprint density at radius 1 is 1.22 bits per heavy atom. The Morgan fingerprint density at radius 3 is 2.67 bits per heavy atom. The van der Waals surface area contributed by atoms with Gasteiger partial charge in [0.2, 0.25) is 0 Å². The fourth-order valence-electron chi connectivity index (χ4n) is 1.42. The van der Waals surface area contributed by atoms with E-state index in [4.69, 9.17) is 17.3 Å². The molecule has 0 amide bonds. The summed E-state index contributed by atoms with van der Waals surface area (Å²) < 4.78 is 25.7. The molecule has 2 rings (SSSR count). The Balaban J connectivity index is 2.09. The van der Waals surface area contributed by atoms with E-state index in [0.29, 0.717) is 22.1 Å². The number of anilines is 2. The van der Waals surface area contributed by atoms with Crippen LogP contribution >= 0.6 is 11.6 Å². The predicted octanol–water partition coefficient (Wildman–Crippen LogP) is 3.21. The molecule has 0 unspecified atom stereocenters. The van der Waals surface area contributed by atoms with Gasteiger partial charge < -0.3 is 11.1 Å². The molecule has 0 radical (unpaired) electrons. The van der Waals surface area contributed by atoms with Gasteiger partial charge in [-0.15, -0.1) is 0 Å². The number of nitrogens with two attached hydrogens (primary N) is 1. The van der Waals surface area contributed by atoms with Gasteiger partial charge in [0.05, 0.1) is 16.9 Å². The van der Waals surface area contributed by atoms with E-state index in [1.165, 1.54) is 12.3 Å². The van der Waals surface area contributed by atoms with Crippen LogP contribution in [0.5, 0.6) is 0 Å². The highest BCUT2D eigenvalue weighted by Gasteiger charge is 2.05. The van der Waals surface area contributed by atoms with Gasteiger partial charge in [0.15, 0.2) is 11.6 Å². The lowest BCUT2D eigenvalue weighted by Crippen LogP contribution is -2.03. The van der Waals surface area contributed by atoms with Gasteiger partial charge in [0, 0.05) is 6.54 Å². The second-order valence-electron chi connectivity index (χ2n) is 3.70. The third-order valence-corrected chi connectivity index (χ3v) is 2.59. The highest BCUT2D eigenvalue weighted by molar-refractivity contribution is 6.33. The summed E-state index contributed by atoms with van der Waals surface area (Å²) in [5, 5.41) is 3.29. The fourth-order valence-corrected chi connectivity index (χ4v) is 1.66. The Bertz CT molecular complexity index is 575. The van der Waals surface area contributed by atoms with Gasteiger partial charge in [0.25, 0.3) is 0 Å². The van der Waals surface area contributed by atoms with Gasteiger partial charge in [-0.05, 0) is 23.8 Å². The Morgan fingerprint density at radius 2 is 2.00 bits per heavy atom. The summed E-state index contributed by atoms with van der Waals surface area (Å²) in [5.74, 6) is -1.32. The van der Waals surface area contributed by atoms with Crippen LogP contribution in [-0.4, -0.2) is 4.98 Å². The number of benzene rings is 1. The first-order valence-electron chi connectivity index (χ1n) is 5.15. The highest BCUT2D eigenvalue weighted by atomic mass is 35.5. The zero-order valence-electron chi connectivity index (χ0n) is 9.25. The van der Waals surface area contributed by atoms with Crippen molar-refractivity contribution in [2.45, 2.75) is 6.54 Å². The summed E-state index contributed by atoms with van der Waals surface area (Å²) in [6.45, 7) is 0.286. The van der Waals surface area contributed by atoms with E-state index in [0.717, 1.165) is 12.1 Å². The number of hydrogen-bond donors (Lipinski definition) is 2. The van der Waals surface area contributed by atoms with Gasteiger partial charge >= 0.3 is 0 Å². The third kappa shape index (κ3) is 2.87. The Labute approximate surface area is 108 Å². The van der Waals surface area contributed by atoms with Gasteiger partial charge in [-0.3, -0.25) is 0 Å². The van der Waals surface area contributed by atoms with Crippen LogP contribution < -0.4 is 11.1 Å². The molecule has 0 saturated carbocycles. The van der Waals surface area contributed by atoms with Crippen LogP contribution in [0.4, 0.5) is 20.3 Å². The molecule has 3 N–H and O–H groups in total. The molecule has 18 heavy (non-hydrogen) atoms. The van der Waals surface area contributed by atoms with Crippen molar-refractivity contribution in [3.8, 4) is 0 Å². The van der Waals surface area contributed by atoms with Crippen LogP contribution in [0.3, 0.4) is 0 Å². The summed E-state index contributed by atoms with van der Waals surface area (Å²) in [4.78, 5) is 4.00. The van der Waals surface area contributed by atoms with Gasteiger partial charge in [-0.2, -0.15) is 0 Å². The van der Waals surface area contributed by atoms with Crippen LogP contribution in [0, 0.1) is 11.6 Å². The first kappa shape index (κ1) is 12.6. The third-order valence-electron chi connectivity index (χ3n) is 2.31. The molecule has 2 aromatic rings. The van der Waals surface area contributed by atoms with Crippen molar-refractivity contribution in [1.82, 2.24) is 4.98 Å². The van der Waals surface area contributed by atoms with Crippen LogP contribution in [0.15, 0.2) is 30.5 Å². The maximum absolute atomic E-state index is 13.0. The molecule has 0 aliphatic carbocycles. The highest BCUT2D eigenvalue weighted by Crippen LogP contribution is 2.21. The topological polar surface area (TPSA) is 50.9 Å². The van der Waals surface area contributed by atoms with E-state index in [1.54, 1.807) is 6.07 Å². The van der Waals surface area contributed by atoms with Crippen LogP contribution in [0.2, 0.25) is 5.02 Å². The smallest absolute Gasteiger partial charge is 0.159 e. The maximum atomic E-state index is 13.0. The van der Waals surface area contributed by atoms with Crippen molar-refractivity contribution < 1.29 is 8.78 Å². The van der Waals surface area contributed by atoms with E-state index in [9.17, 15) is 8.78 Å². The minimum Gasteiger partial charge on any atom is -0.397 e. The van der Waals surface area contributed by atoms with E-state index < -0.39 is 11.6 Å². The second-order valence-corrected chi connectivity index (χ2v) is 4.11. The number of pyridine rings is 1. The summed E-state index contributed by atoms with van der Waals surface area (Å²) in [6, 6.07) is 5.23. The van der Waals surface area contributed by atoms with Crippen LogP contribution in [-0.2, 0) is 6.54 Å². The van der Waals surface area contributed by atoms with E-state index in [1.807, 2.05) is 0 Å². The first-order valence-corrected chi connectivity index (χ1v) is 5.53. The lowest BCUT2D eigenvalue weighted by Gasteiger charge is -2.08. The SMILES string of the molecule is Nc1cnc(NCc2ccc(F)c(F)c2)c(Cl)c1. The number of nitrogens with one attached hydrogen (secondary N) is 1. The molecular formula is C12H10ClF2N3. The maximum Gasteiger partial charge on any atom is 0.159 e. The quantitative estimate of drug-likeness (QED) is 0.900. The van der Waals surface area contributed by atoms with Crippen molar-refractivity contribution in [2.24, 2.45) is 0 Å². The molecule has 0 aliphatic heterocycles. The number of aromatic nitrogens is 1. The molecule has 1 aromatic carbocycles. The number of rotatable bonds is 3. The average molecular weight is 270 g/mol. The second kappa shape index (κ2) is 5.18. The number of nitrogens with zero attached hydrogens (tertiary/aromatic N) is 1.